The first-order valence-electron chi connectivity index (χ1n) is 6.63. The number of rotatable bonds is 4. The molecule has 0 radical (unpaired) electrons. The predicted molar refractivity (Wildman–Crippen MR) is 76.8 cm³/mol. The van der Waals surface area contributed by atoms with Gasteiger partial charge < -0.3 is 15.4 Å². The summed E-state index contributed by atoms with van der Waals surface area (Å²) in [6.45, 7) is 2.34. The molecule has 0 saturated carbocycles. The fourth-order valence-electron chi connectivity index (χ4n) is 2.29. The highest BCUT2D eigenvalue weighted by molar-refractivity contribution is 6.04. The van der Waals surface area contributed by atoms with E-state index in [0.29, 0.717) is 29.4 Å². The molecule has 1 aliphatic heterocycles. The van der Waals surface area contributed by atoms with E-state index in [9.17, 15) is 9.18 Å². The van der Waals surface area contributed by atoms with Gasteiger partial charge in [0, 0.05) is 17.4 Å². The highest BCUT2D eigenvalue weighted by atomic mass is 19.1. The summed E-state index contributed by atoms with van der Waals surface area (Å²) in [6.07, 6.45) is 1.62. The second-order valence-electron chi connectivity index (χ2n) is 4.59. The van der Waals surface area contributed by atoms with Gasteiger partial charge in [-0.1, -0.05) is 6.07 Å². The number of amides is 1. The number of benzene rings is 1. The molecule has 2 heterocycles. The van der Waals surface area contributed by atoms with Crippen LogP contribution in [0.3, 0.4) is 0 Å². The van der Waals surface area contributed by atoms with Crippen molar-refractivity contribution in [2.24, 2.45) is 0 Å². The van der Waals surface area contributed by atoms with E-state index in [1.165, 1.54) is 12.1 Å². The van der Waals surface area contributed by atoms with Crippen molar-refractivity contribution in [1.29, 1.82) is 0 Å². The summed E-state index contributed by atoms with van der Waals surface area (Å²) >= 11 is 0. The van der Waals surface area contributed by atoms with E-state index >= 15 is 0 Å². The Morgan fingerprint density at radius 1 is 1.43 bits per heavy atom. The molecule has 6 heteroatoms. The molecular formula is C15H14FN3O2. The van der Waals surface area contributed by atoms with Crippen LogP contribution in [0.1, 0.15) is 18.5 Å². The van der Waals surface area contributed by atoms with Gasteiger partial charge in [-0.2, -0.15) is 0 Å². The Balaban J connectivity index is 1.91. The van der Waals surface area contributed by atoms with Crippen LogP contribution in [0.25, 0.3) is 0 Å². The molecule has 0 spiro atoms. The number of ether oxygens (including phenoxy) is 1. The van der Waals surface area contributed by atoms with Gasteiger partial charge in [0.1, 0.15) is 11.9 Å². The van der Waals surface area contributed by atoms with Gasteiger partial charge in [0.05, 0.1) is 12.3 Å². The van der Waals surface area contributed by atoms with Gasteiger partial charge in [-0.3, -0.25) is 4.79 Å². The van der Waals surface area contributed by atoms with Crippen LogP contribution in [0, 0.1) is 5.82 Å². The molecule has 1 amide bonds. The van der Waals surface area contributed by atoms with Gasteiger partial charge >= 0.3 is 0 Å². The van der Waals surface area contributed by atoms with Gasteiger partial charge in [0.2, 0.25) is 5.88 Å². The fourth-order valence-corrected chi connectivity index (χ4v) is 2.29. The second-order valence-corrected chi connectivity index (χ2v) is 4.59. The van der Waals surface area contributed by atoms with Gasteiger partial charge in [-0.05, 0) is 31.2 Å². The molecule has 1 aromatic heterocycles. The Kier molecular flexibility index (Phi) is 3.43. The molecule has 1 aromatic carbocycles. The van der Waals surface area contributed by atoms with Gasteiger partial charge in [0.15, 0.2) is 0 Å². The lowest BCUT2D eigenvalue weighted by Gasteiger charge is -2.15. The summed E-state index contributed by atoms with van der Waals surface area (Å²) in [7, 11) is 0. The quantitative estimate of drug-likeness (QED) is 0.907. The van der Waals surface area contributed by atoms with E-state index in [2.05, 4.69) is 15.6 Å². The van der Waals surface area contributed by atoms with Crippen LogP contribution in [-0.4, -0.2) is 17.5 Å². The maximum absolute atomic E-state index is 13.2. The molecule has 0 aliphatic carbocycles. The average Bonchev–Trinajstić information content (AvgIpc) is 2.76. The Bertz CT molecular complexity index is 690. The highest BCUT2D eigenvalue weighted by Crippen LogP contribution is 2.35. The number of carbonyl (C=O) groups excluding carboxylic acids is 1. The smallest absolute Gasteiger partial charge is 0.251 e. The summed E-state index contributed by atoms with van der Waals surface area (Å²) in [6, 6.07) is 7.18. The lowest BCUT2D eigenvalue weighted by molar-refractivity contribution is -0.116. The maximum Gasteiger partial charge on any atom is 0.251 e. The topological polar surface area (TPSA) is 63.2 Å². The molecule has 21 heavy (non-hydrogen) atoms. The first kappa shape index (κ1) is 13.4. The van der Waals surface area contributed by atoms with Crippen LogP contribution in [0.15, 0.2) is 36.5 Å². The van der Waals surface area contributed by atoms with Crippen LogP contribution >= 0.6 is 0 Å². The molecule has 1 aliphatic rings. The molecule has 108 valence electrons. The van der Waals surface area contributed by atoms with Crippen molar-refractivity contribution in [3.63, 3.8) is 0 Å². The number of carbonyl (C=O) groups is 1. The average molecular weight is 287 g/mol. The molecule has 1 unspecified atom stereocenters. The number of hydrogen-bond donors (Lipinski definition) is 2. The Labute approximate surface area is 121 Å². The van der Waals surface area contributed by atoms with Crippen molar-refractivity contribution >= 4 is 17.3 Å². The van der Waals surface area contributed by atoms with Crippen molar-refractivity contribution in [1.82, 2.24) is 4.98 Å². The normalized spacial score (nSPS) is 16.3. The minimum Gasteiger partial charge on any atom is -0.476 e. The number of fused-ring (bicyclic) bond motifs is 1. The molecule has 2 aromatic rings. The zero-order valence-corrected chi connectivity index (χ0v) is 11.4. The van der Waals surface area contributed by atoms with E-state index < -0.39 is 6.04 Å². The molecule has 3 rings (SSSR count). The Morgan fingerprint density at radius 3 is 3.10 bits per heavy atom. The van der Waals surface area contributed by atoms with Crippen LogP contribution in [0.2, 0.25) is 0 Å². The van der Waals surface area contributed by atoms with Crippen molar-refractivity contribution in [2.75, 3.05) is 17.2 Å². The van der Waals surface area contributed by atoms with Crippen LogP contribution in [0.4, 0.5) is 15.8 Å². The molecular weight excluding hydrogens is 273 g/mol. The first-order valence-corrected chi connectivity index (χ1v) is 6.63. The second kappa shape index (κ2) is 5.40. The number of hydrogen-bond acceptors (Lipinski definition) is 4. The molecule has 0 saturated heterocycles. The minimum absolute atomic E-state index is 0.234. The van der Waals surface area contributed by atoms with Crippen molar-refractivity contribution in [2.45, 2.75) is 13.0 Å². The third-order valence-electron chi connectivity index (χ3n) is 3.20. The number of nitrogens with zero attached hydrogens (tertiary/aromatic N) is 1. The van der Waals surface area contributed by atoms with E-state index in [-0.39, 0.29) is 11.7 Å². The summed E-state index contributed by atoms with van der Waals surface area (Å²) in [5.74, 6) is -0.184. The lowest BCUT2D eigenvalue weighted by Crippen LogP contribution is -2.20. The van der Waals surface area contributed by atoms with Crippen molar-refractivity contribution < 1.29 is 13.9 Å². The minimum atomic E-state index is -0.594. The zero-order valence-electron chi connectivity index (χ0n) is 11.4. The summed E-state index contributed by atoms with van der Waals surface area (Å²) < 4.78 is 18.6. The van der Waals surface area contributed by atoms with Crippen molar-refractivity contribution in [3.8, 4) is 5.88 Å². The van der Waals surface area contributed by atoms with E-state index in [1.807, 2.05) is 6.92 Å². The first-order chi connectivity index (χ1) is 10.2. The van der Waals surface area contributed by atoms with Crippen LogP contribution < -0.4 is 15.4 Å². The Hall–Kier alpha value is -2.63. The molecule has 0 bridgehead atoms. The monoisotopic (exact) mass is 287 g/mol. The van der Waals surface area contributed by atoms with Gasteiger partial charge in [-0.25, -0.2) is 9.37 Å². The third kappa shape index (κ3) is 2.52. The third-order valence-corrected chi connectivity index (χ3v) is 3.20. The summed E-state index contributed by atoms with van der Waals surface area (Å²) in [5.41, 5.74) is 1.81. The molecule has 2 N–H and O–H groups in total. The number of halogens is 1. The maximum atomic E-state index is 13.2. The predicted octanol–water partition coefficient (Wildman–Crippen LogP) is 2.72. The van der Waals surface area contributed by atoms with Gasteiger partial charge in [0.25, 0.3) is 5.91 Å². The summed E-state index contributed by atoms with van der Waals surface area (Å²) in [4.78, 5) is 16.2. The summed E-state index contributed by atoms with van der Waals surface area (Å²) in [5, 5.41) is 5.76. The highest BCUT2D eigenvalue weighted by Gasteiger charge is 2.31. The standard InChI is InChI=1S/C15H14FN3O2/c1-2-21-15-11(4-3-7-17-15)18-13-10-6-5-9(16)8-12(10)19-14(13)20/h3-8,13,18H,2H2,1H3,(H,19,20). The molecule has 5 nitrogen and oxygen atoms in total. The van der Waals surface area contributed by atoms with E-state index in [0.717, 1.165) is 0 Å². The van der Waals surface area contributed by atoms with Crippen molar-refractivity contribution in [3.05, 3.63) is 47.9 Å². The number of aromatic nitrogens is 1. The molecule has 0 fully saturated rings. The van der Waals surface area contributed by atoms with Gasteiger partial charge in [-0.15, -0.1) is 0 Å². The number of pyridine rings is 1. The lowest BCUT2D eigenvalue weighted by atomic mass is 10.1. The largest absolute Gasteiger partial charge is 0.476 e. The SMILES string of the molecule is CCOc1ncccc1NC1C(=O)Nc2cc(F)ccc21. The number of nitrogens with one attached hydrogen (secondary N) is 2. The van der Waals surface area contributed by atoms with E-state index in [1.54, 1.807) is 24.4 Å². The number of anilines is 2. The van der Waals surface area contributed by atoms with Crippen LogP contribution in [-0.2, 0) is 4.79 Å². The zero-order chi connectivity index (χ0) is 14.8. The Morgan fingerprint density at radius 2 is 2.29 bits per heavy atom. The molecule has 1 atom stereocenters. The van der Waals surface area contributed by atoms with E-state index in [4.69, 9.17) is 4.74 Å². The fraction of sp³-hybridized carbons (Fsp3) is 0.200. The van der Waals surface area contributed by atoms with Crippen LogP contribution in [0.5, 0.6) is 5.88 Å².